The summed E-state index contributed by atoms with van der Waals surface area (Å²) in [5.41, 5.74) is -2.23. The van der Waals surface area contributed by atoms with E-state index in [1.54, 1.807) is 38.1 Å². The second-order valence-electron chi connectivity index (χ2n) is 13.1. The van der Waals surface area contributed by atoms with Crippen LogP contribution in [-0.2, 0) is 14.3 Å². The molecule has 2 bridgehead atoms. The lowest BCUT2D eigenvalue weighted by molar-refractivity contribution is -0.166. The van der Waals surface area contributed by atoms with Crippen LogP contribution in [0.2, 0.25) is 0 Å². The van der Waals surface area contributed by atoms with Gasteiger partial charge in [0.15, 0.2) is 22.8 Å². The highest BCUT2D eigenvalue weighted by molar-refractivity contribution is 6.36. The minimum atomic E-state index is -1.88. The summed E-state index contributed by atoms with van der Waals surface area (Å²) in [6.07, 6.45) is 5.14. The van der Waals surface area contributed by atoms with Gasteiger partial charge in [-0.1, -0.05) is 67.5 Å². The number of ether oxygens (including phenoxy) is 1. The Bertz CT molecular complexity index is 1250. The molecule has 0 radical (unpaired) electrons. The van der Waals surface area contributed by atoms with Crippen LogP contribution in [0.4, 0.5) is 0 Å². The first-order valence-corrected chi connectivity index (χ1v) is 13.7. The second-order valence-corrected chi connectivity index (χ2v) is 13.1. The van der Waals surface area contributed by atoms with Gasteiger partial charge in [-0.3, -0.25) is 14.4 Å². The van der Waals surface area contributed by atoms with Crippen LogP contribution in [0.5, 0.6) is 0 Å². The lowest BCUT2D eigenvalue weighted by atomic mass is 9.39. The van der Waals surface area contributed by atoms with Gasteiger partial charge in [0.2, 0.25) is 0 Å². The van der Waals surface area contributed by atoms with E-state index in [9.17, 15) is 14.7 Å². The van der Waals surface area contributed by atoms with Gasteiger partial charge in [0, 0.05) is 17.6 Å². The largest absolute Gasteiger partial charge is 0.490 e. The maximum Gasteiger partial charge on any atom is 0.184 e. The number of fused-ring (bicyclic) bond motifs is 3. The molecule has 0 saturated heterocycles. The van der Waals surface area contributed by atoms with E-state index in [2.05, 4.69) is 6.08 Å². The molecule has 4 rings (SSSR count). The molecule has 1 heterocycles. The minimum Gasteiger partial charge on any atom is -0.490 e. The Labute approximate surface area is 227 Å². The van der Waals surface area contributed by atoms with E-state index >= 15 is 4.79 Å². The van der Waals surface area contributed by atoms with Crippen LogP contribution >= 0.6 is 0 Å². The number of ketones is 3. The van der Waals surface area contributed by atoms with Gasteiger partial charge in [-0.25, -0.2) is 0 Å². The normalized spacial score (nSPS) is 29.9. The number of hydrogen-bond donors (Lipinski definition) is 1. The quantitative estimate of drug-likeness (QED) is 0.251. The number of carbonyl (C=O) groups is 3. The van der Waals surface area contributed by atoms with Crippen molar-refractivity contribution in [3.05, 3.63) is 70.5 Å². The summed E-state index contributed by atoms with van der Waals surface area (Å²) in [5, 5.41) is 10.9. The minimum absolute atomic E-state index is 0.129. The lowest BCUT2D eigenvalue weighted by Crippen LogP contribution is -2.69. The highest BCUT2D eigenvalue weighted by Gasteiger charge is 2.76. The fourth-order valence-corrected chi connectivity index (χ4v) is 6.78. The lowest BCUT2D eigenvalue weighted by Gasteiger charge is -2.59. The molecule has 204 valence electrons. The Morgan fingerprint density at radius 3 is 2.21 bits per heavy atom. The summed E-state index contributed by atoms with van der Waals surface area (Å²) in [4.78, 5) is 44.4. The van der Waals surface area contributed by atoms with Crippen molar-refractivity contribution in [1.82, 2.24) is 0 Å². The summed E-state index contributed by atoms with van der Waals surface area (Å²) in [6.45, 7) is 15.2. The van der Waals surface area contributed by atoms with E-state index in [0.29, 0.717) is 36.2 Å². The number of allylic oxidation sites excluding steroid dienone is 5. The summed E-state index contributed by atoms with van der Waals surface area (Å²) in [6, 6.07) is 8.74. The molecule has 0 unspecified atom stereocenters. The maximum atomic E-state index is 15.0. The first-order valence-electron chi connectivity index (χ1n) is 13.7. The number of Topliss-reactive ketones (excluding diaryl/α,β-unsaturated/α-hetero) is 3. The van der Waals surface area contributed by atoms with E-state index in [1.807, 2.05) is 53.7 Å². The molecule has 1 saturated carbocycles. The first kappa shape index (κ1) is 28.2. The van der Waals surface area contributed by atoms with Gasteiger partial charge in [0.05, 0.1) is 11.0 Å². The fourth-order valence-electron chi connectivity index (χ4n) is 6.78. The highest BCUT2D eigenvalue weighted by Crippen LogP contribution is 2.67. The Kier molecular flexibility index (Phi) is 7.01. The second kappa shape index (κ2) is 9.44. The van der Waals surface area contributed by atoms with Crippen LogP contribution in [0, 0.1) is 22.2 Å². The fraction of sp³-hybridized carbons (Fsp3) is 0.545. The van der Waals surface area contributed by atoms with Crippen molar-refractivity contribution in [3.63, 3.8) is 0 Å². The van der Waals surface area contributed by atoms with Crippen LogP contribution in [0.1, 0.15) is 91.4 Å². The molecule has 1 aromatic carbocycles. The molecule has 1 aromatic rings. The van der Waals surface area contributed by atoms with Crippen molar-refractivity contribution in [1.29, 1.82) is 0 Å². The Balaban J connectivity index is 2.06. The van der Waals surface area contributed by atoms with Gasteiger partial charge in [-0.15, -0.1) is 0 Å². The van der Waals surface area contributed by atoms with E-state index in [4.69, 9.17) is 4.74 Å². The van der Waals surface area contributed by atoms with E-state index in [1.165, 1.54) is 0 Å². The molecule has 1 N–H and O–H groups in total. The molecule has 3 aliphatic rings. The van der Waals surface area contributed by atoms with Crippen LogP contribution in [0.15, 0.2) is 65.0 Å². The smallest absolute Gasteiger partial charge is 0.184 e. The van der Waals surface area contributed by atoms with Gasteiger partial charge < -0.3 is 9.84 Å². The van der Waals surface area contributed by atoms with Crippen LogP contribution in [0.3, 0.4) is 0 Å². The van der Waals surface area contributed by atoms with Gasteiger partial charge in [-0.05, 0) is 72.1 Å². The molecule has 0 aromatic heterocycles. The van der Waals surface area contributed by atoms with Crippen molar-refractivity contribution in [3.8, 4) is 0 Å². The number of carbonyl (C=O) groups excluding carboxylic acids is 3. The van der Waals surface area contributed by atoms with Crippen molar-refractivity contribution >= 4 is 17.3 Å². The van der Waals surface area contributed by atoms with E-state index in [-0.39, 0.29) is 18.1 Å². The molecule has 4 atom stereocenters. The van der Waals surface area contributed by atoms with Crippen molar-refractivity contribution in [2.75, 3.05) is 0 Å². The average molecular weight is 519 g/mol. The first-order chi connectivity index (χ1) is 17.6. The molecule has 0 spiro atoms. The Hall–Kier alpha value is -2.79. The molecule has 1 aliphatic heterocycles. The monoisotopic (exact) mass is 518 g/mol. The zero-order valence-corrected chi connectivity index (χ0v) is 24.1. The summed E-state index contributed by atoms with van der Waals surface area (Å²) < 4.78 is 6.40. The zero-order chi connectivity index (χ0) is 28.3. The van der Waals surface area contributed by atoms with Crippen molar-refractivity contribution < 1.29 is 24.2 Å². The predicted molar refractivity (Wildman–Crippen MR) is 148 cm³/mol. The molecular weight excluding hydrogens is 476 g/mol. The molecule has 5 heteroatoms. The average Bonchev–Trinajstić information content (AvgIpc) is 3.30. The van der Waals surface area contributed by atoms with Crippen molar-refractivity contribution in [2.24, 2.45) is 22.2 Å². The molecule has 0 amide bonds. The summed E-state index contributed by atoms with van der Waals surface area (Å²) >= 11 is 0. The highest BCUT2D eigenvalue weighted by atomic mass is 16.5. The standard InChI is InChI=1S/C33H42O5/c1-20(2)14-15-23-19-32(17-16-21(3)4)28-24(18-25(38-28)31(7,8)37)27(35)33(29(32)36,30(23,5)6)26(34)22-12-10-9-11-13-22/h9-14,16,23,25,37H,15,17-19H2,1-8H3/t23-,25-,32-,33+/m1/s1. The van der Waals surface area contributed by atoms with Gasteiger partial charge in [0.1, 0.15) is 11.9 Å². The summed E-state index contributed by atoms with van der Waals surface area (Å²) in [7, 11) is 0. The van der Waals surface area contributed by atoms with Crippen LogP contribution < -0.4 is 0 Å². The topological polar surface area (TPSA) is 80.7 Å². The zero-order valence-electron chi connectivity index (χ0n) is 24.1. The van der Waals surface area contributed by atoms with Crippen LogP contribution in [0.25, 0.3) is 0 Å². The maximum absolute atomic E-state index is 15.0. The Morgan fingerprint density at radius 1 is 1.05 bits per heavy atom. The van der Waals surface area contributed by atoms with E-state index in [0.717, 1.165) is 11.1 Å². The molecule has 38 heavy (non-hydrogen) atoms. The van der Waals surface area contributed by atoms with Crippen LogP contribution in [-0.4, -0.2) is 34.2 Å². The molecule has 5 nitrogen and oxygen atoms in total. The molecule has 1 fully saturated rings. The SMILES string of the molecule is CC(C)=CC[C@@H]1C[C@@]2(CC=C(C)C)C(=O)[C@](C(=O)c3ccccc3)(C(=O)C3=C2O[C@@H](C(C)(C)O)C3)C1(C)C. The predicted octanol–water partition coefficient (Wildman–Crippen LogP) is 6.57. The van der Waals surface area contributed by atoms with Gasteiger partial charge in [-0.2, -0.15) is 0 Å². The Morgan fingerprint density at radius 2 is 1.66 bits per heavy atom. The van der Waals surface area contributed by atoms with E-state index < -0.39 is 39.5 Å². The number of rotatable bonds is 7. The number of aliphatic hydroxyl groups is 1. The number of hydrogen-bond acceptors (Lipinski definition) is 5. The van der Waals surface area contributed by atoms with Crippen molar-refractivity contribution in [2.45, 2.75) is 92.8 Å². The van der Waals surface area contributed by atoms with Gasteiger partial charge in [0.25, 0.3) is 0 Å². The molecular formula is C33H42O5. The third-order valence-corrected chi connectivity index (χ3v) is 9.16. The number of benzene rings is 1. The third-order valence-electron chi connectivity index (χ3n) is 9.16. The van der Waals surface area contributed by atoms with Gasteiger partial charge >= 0.3 is 0 Å². The third kappa shape index (κ3) is 4.05. The summed E-state index contributed by atoms with van der Waals surface area (Å²) in [5.74, 6) is -0.977. The molecule has 2 aliphatic carbocycles.